The predicted molar refractivity (Wildman–Crippen MR) is 63.4 cm³/mol. The maximum Gasteiger partial charge on any atom is 0.00104 e. The van der Waals surface area contributed by atoms with Crippen molar-refractivity contribution in [3.05, 3.63) is 0 Å². The van der Waals surface area contributed by atoms with E-state index in [-0.39, 0.29) is 0 Å². The largest absolute Gasteiger partial charge is 0.314 e. The van der Waals surface area contributed by atoms with E-state index in [1.807, 2.05) is 0 Å². The van der Waals surface area contributed by atoms with Gasteiger partial charge < -0.3 is 5.32 Å². The van der Waals surface area contributed by atoms with Crippen LogP contribution in [0.3, 0.4) is 0 Å². The molecule has 1 aliphatic rings. The summed E-state index contributed by atoms with van der Waals surface area (Å²) in [5.41, 5.74) is 0. The van der Waals surface area contributed by atoms with Crippen molar-refractivity contribution < 1.29 is 0 Å². The first-order valence-corrected chi connectivity index (χ1v) is 6.33. The van der Waals surface area contributed by atoms with Crippen molar-refractivity contribution in [3.63, 3.8) is 0 Å². The summed E-state index contributed by atoms with van der Waals surface area (Å²) >= 11 is 0. The molecule has 0 spiro atoms. The maximum absolute atomic E-state index is 3.57. The first-order chi connectivity index (χ1) is 6.59. The van der Waals surface area contributed by atoms with Crippen LogP contribution in [0.25, 0.3) is 0 Å². The lowest BCUT2D eigenvalue weighted by molar-refractivity contribution is 0.149. The lowest BCUT2D eigenvalue weighted by Crippen LogP contribution is -2.37. The first-order valence-electron chi connectivity index (χ1n) is 6.33. The number of nitrogens with one attached hydrogen (secondary N) is 1. The molecule has 1 N–H and O–H groups in total. The van der Waals surface area contributed by atoms with Gasteiger partial charge in [0, 0.05) is 6.04 Å². The van der Waals surface area contributed by atoms with Crippen molar-refractivity contribution in [2.75, 3.05) is 6.54 Å². The average molecular weight is 197 g/mol. The van der Waals surface area contributed by atoms with E-state index in [1.54, 1.807) is 0 Å². The Labute approximate surface area is 89.7 Å². The molecule has 0 bridgehead atoms. The molecular weight excluding hydrogens is 170 g/mol. The van der Waals surface area contributed by atoms with Gasteiger partial charge >= 0.3 is 0 Å². The molecule has 84 valence electrons. The molecule has 0 amide bonds. The minimum atomic E-state index is 0.654. The Morgan fingerprint density at radius 1 is 1.07 bits per heavy atom. The van der Waals surface area contributed by atoms with Crippen LogP contribution < -0.4 is 5.32 Å². The third kappa shape index (κ3) is 4.00. The van der Waals surface area contributed by atoms with Crippen LogP contribution >= 0.6 is 0 Å². The second kappa shape index (κ2) is 5.75. The van der Waals surface area contributed by atoms with E-state index in [4.69, 9.17) is 0 Å². The van der Waals surface area contributed by atoms with Crippen molar-refractivity contribution >= 4 is 0 Å². The summed E-state index contributed by atoms with van der Waals surface area (Å²) in [6, 6.07) is 0.654. The molecule has 14 heavy (non-hydrogen) atoms. The number of rotatable bonds is 6. The molecule has 1 nitrogen and oxygen atoms in total. The molecule has 0 aromatic carbocycles. The predicted octanol–water partition coefficient (Wildman–Crippen LogP) is 3.45. The Balaban J connectivity index is 2.09. The SMILES string of the molecule is CC(C)CCC1CCC1CNC(C)C. The second-order valence-corrected chi connectivity index (χ2v) is 5.63. The summed E-state index contributed by atoms with van der Waals surface area (Å²) in [5.74, 6) is 2.90. The van der Waals surface area contributed by atoms with Gasteiger partial charge in [0.05, 0.1) is 0 Å². The van der Waals surface area contributed by atoms with E-state index in [0.29, 0.717) is 6.04 Å². The quantitative estimate of drug-likeness (QED) is 0.688. The highest BCUT2D eigenvalue weighted by Gasteiger charge is 2.29. The molecule has 1 fully saturated rings. The van der Waals surface area contributed by atoms with E-state index in [1.165, 1.54) is 32.2 Å². The molecule has 0 heterocycles. The third-order valence-electron chi connectivity index (χ3n) is 3.48. The van der Waals surface area contributed by atoms with Crippen molar-refractivity contribution in [3.8, 4) is 0 Å². The van der Waals surface area contributed by atoms with Gasteiger partial charge in [0.2, 0.25) is 0 Å². The summed E-state index contributed by atoms with van der Waals surface area (Å²) < 4.78 is 0. The average Bonchev–Trinajstić information content (AvgIpc) is 2.01. The van der Waals surface area contributed by atoms with Crippen LogP contribution in [0.15, 0.2) is 0 Å². The van der Waals surface area contributed by atoms with Crippen molar-refractivity contribution in [2.24, 2.45) is 17.8 Å². The highest BCUT2D eigenvalue weighted by Crippen LogP contribution is 2.37. The third-order valence-corrected chi connectivity index (χ3v) is 3.48. The molecule has 2 unspecified atom stereocenters. The molecule has 0 aliphatic heterocycles. The molecule has 0 saturated heterocycles. The highest BCUT2D eigenvalue weighted by atomic mass is 14.9. The van der Waals surface area contributed by atoms with Gasteiger partial charge in [0.25, 0.3) is 0 Å². The zero-order valence-electron chi connectivity index (χ0n) is 10.3. The molecule has 0 radical (unpaired) electrons. The van der Waals surface area contributed by atoms with E-state index in [0.717, 1.165) is 17.8 Å². The Bertz CT molecular complexity index is 133. The van der Waals surface area contributed by atoms with Gasteiger partial charge in [-0.25, -0.2) is 0 Å². The zero-order valence-corrected chi connectivity index (χ0v) is 10.3. The van der Waals surface area contributed by atoms with Gasteiger partial charge in [0.15, 0.2) is 0 Å². The van der Waals surface area contributed by atoms with E-state index in [2.05, 4.69) is 33.0 Å². The zero-order chi connectivity index (χ0) is 10.6. The molecular formula is C13H27N. The summed E-state index contributed by atoms with van der Waals surface area (Å²) in [6.07, 6.45) is 5.82. The highest BCUT2D eigenvalue weighted by molar-refractivity contribution is 4.82. The topological polar surface area (TPSA) is 12.0 Å². The fourth-order valence-electron chi connectivity index (χ4n) is 2.22. The number of hydrogen-bond donors (Lipinski definition) is 1. The van der Waals surface area contributed by atoms with Gasteiger partial charge in [-0.3, -0.25) is 0 Å². The van der Waals surface area contributed by atoms with Crippen LogP contribution in [-0.4, -0.2) is 12.6 Å². The molecule has 0 aromatic rings. The Kier molecular flexibility index (Phi) is 4.94. The minimum Gasteiger partial charge on any atom is -0.314 e. The Morgan fingerprint density at radius 3 is 2.14 bits per heavy atom. The van der Waals surface area contributed by atoms with E-state index < -0.39 is 0 Å². The van der Waals surface area contributed by atoms with Gasteiger partial charge in [-0.05, 0) is 43.6 Å². The lowest BCUT2D eigenvalue weighted by atomic mass is 9.70. The molecule has 1 heteroatoms. The minimum absolute atomic E-state index is 0.654. The van der Waals surface area contributed by atoms with Gasteiger partial charge in [-0.2, -0.15) is 0 Å². The summed E-state index contributed by atoms with van der Waals surface area (Å²) in [5, 5.41) is 3.57. The van der Waals surface area contributed by atoms with Gasteiger partial charge in [-0.1, -0.05) is 34.1 Å². The van der Waals surface area contributed by atoms with Crippen LogP contribution in [0.5, 0.6) is 0 Å². The number of hydrogen-bond acceptors (Lipinski definition) is 1. The van der Waals surface area contributed by atoms with Crippen molar-refractivity contribution in [1.82, 2.24) is 5.32 Å². The molecule has 1 rings (SSSR count). The Hall–Kier alpha value is -0.0400. The fraction of sp³-hybridized carbons (Fsp3) is 1.00. The first kappa shape index (κ1) is 12.0. The fourth-order valence-corrected chi connectivity index (χ4v) is 2.22. The smallest absolute Gasteiger partial charge is 0.00104 e. The van der Waals surface area contributed by atoms with Crippen LogP contribution in [0.4, 0.5) is 0 Å². The normalized spacial score (nSPS) is 27.0. The Morgan fingerprint density at radius 2 is 1.71 bits per heavy atom. The summed E-state index contributed by atoms with van der Waals surface area (Å²) in [4.78, 5) is 0. The lowest BCUT2D eigenvalue weighted by Gasteiger charge is -2.38. The van der Waals surface area contributed by atoms with Crippen LogP contribution in [0.2, 0.25) is 0 Å². The van der Waals surface area contributed by atoms with Crippen molar-refractivity contribution in [1.29, 1.82) is 0 Å². The molecule has 1 saturated carbocycles. The molecule has 2 atom stereocenters. The standard InChI is InChI=1S/C13H27N/c1-10(2)5-6-12-7-8-13(12)9-14-11(3)4/h10-14H,5-9H2,1-4H3. The second-order valence-electron chi connectivity index (χ2n) is 5.63. The van der Waals surface area contributed by atoms with Crippen LogP contribution in [-0.2, 0) is 0 Å². The van der Waals surface area contributed by atoms with Crippen LogP contribution in [0.1, 0.15) is 53.4 Å². The van der Waals surface area contributed by atoms with Crippen LogP contribution in [0, 0.1) is 17.8 Å². The van der Waals surface area contributed by atoms with E-state index >= 15 is 0 Å². The summed E-state index contributed by atoms with van der Waals surface area (Å²) in [7, 11) is 0. The molecule has 0 aromatic heterocycles. The van der Waals surface area contributed by atoms with Gasteiger partial charge in [-0.15, -0.1) is 0 Å². The molecule has 1 aliphatic carbocycles. The maximum atomic E-state index is 3.57. The van der Waals surface area contributed by atoms with E-state index in [9.17, 15) is 0 Å². The summed E-state index contributed by atoms with van der Waals surface area (Å²) in [6.45, 7) is 10.4. The van der Waals surface area contributed by atoms with Crippen molar-refractivity contribution in [2.45, 2.75) is 59.4 Å². The van der Waals surface area contributed by atoms with Gasteiger partial charge in [0.1, 0.15) is 0 Å². The monoisotopic (exact) mass is 197 g/mol.